The highest BCUT2D eigenvalue weighted by Crippen LogP contribution is 2.11. The van der Waals surface area contributed by atoms with Crippen molar-refractivity contribution in [3.63, 3.8) is 0 Å². The number of halogens is 1. The van der Waals surface area contributed by atoms with E-state index in [1.807, 2.05) is 0 Å². The van der Waals surface area contributed by atoms with Gasteiger partial charge in [0.25, 0.3) is 0 Å². The summed E-state index contributed by atoms with van der Waals surface area (Å²) in [6.07, 6.45) is 3.40. The van der Waals surface area contributed by atoms with E-state index in [2.05, 4.69) is 28.2 Å². The van der Waals surface area contributed by atoms with Crippen molar-refractivity contribution in [2.75, 3.05) is 38.8 Å². The molecule has 0 aliphatic carbocycles. The van der Waals surface area contributed by atoms with Crippen LogP contribution in [0.5, 0.6) is 0 Å². The zero-order valence-electron chi connectivity index (χ0n) is 10.8. The molecule has 0 fully saturated rings. The van der Waals surface area contributed by atoms with Gasteiger partial charge in [0.2, 0.25) is 5.91 Å². The minimum atomic E-state index is -0.0446. The second-order valence-corrected chi connectivity index (χ2v) is 4.77. The van der Waals surface area contributed by atoms with Gasteiger partial charge in [0, 0.05) is 19.0 Å². The van der Waals surface area contributed by atoms with Crippen LogP contribution in [0, 0.1) is 5.92 Å². The Labute approximate surface area is 113 Å². The molecule has 17 heavy (non-hydrogen) atoms. The van der Waals surface area contributed by atoms with Crippen LogP contribution >= 0.6 is 15.9 Å². The molecule has 0 spiro atoms. The van der Waals surface area contributed by atoms with Crippen LogP contribution in [0.4, 0.5) is 0 Å². The van der Waals surface area contributed by atoms with E-state index in [4.69, 9.17) is 9.47 Å². The normalized spacial score (nSPS) is 12.4. The predicted octanol–water partition coefficient (Wildman–Crippen LogP) is 1.97. The summed E-state index contributed by atoms with van der Waals surface area (Å²) in [6, 6.07) is 0. The highest BCUT2D eigenvalue weighted by atomic mass is 79.9. The highest BCUT2D eigenvalue weighted by molar-refractivity contribution is 9.09. The third kappa shape index (κ3) is 10.7. The first-order chi connectivity index (χ1) is 8.24. The summed E-state index contributed by atoms with van der Waals surface area (Å²) in [5.74, 6) is 0.513. The molecule has 0 saturated heterocycles. The van der Waals surface area contributed by atoms with Crippen LogP contribution in [0.3, 0.4) is 0 Å². The summed E-state index contributed by atoms with van der Waals surface area (Å²) in [4.78, 5) is 11.4. The molecule has 0 aromatic heterocycles. The lowest BCUT2D eigenvalue weighted by molar-refractivity contribution is -0.126. The van der Waals surface area contributed by atoms with Crippen LogP contribution in [0.1, 0.15) is 26.2 Å². The zero-order chi connectivity index (χ0) is 12.9. The van der Waals surface area contributed by atoms with E-state index in [0.29, 0.717) is 19.1 Å². The van der Waals surface area contributed by atoms with Crippen LogP contribution in [-0.2, 0) is 14.3 Å². The fourth-order valence-corrected chi connectivity index (χ4v) is 2.17. The summed E-state index contributed by atoms with van der Waals surface area (Å²) in [5.41, 5.74) is 0. The Morgan fingerprint density at radius 2 is 2.12 bits per heavy atom. The van der Waals surface area contributed by atoms with Crippen molar-refractivity contribution in [2.24, 2.45) is 5.92 Å². The van der Waals surface area contributed by atoms with E-state index in [1.54, 1.807) is 7.11 Å². The van der Waals surface area contributed by atoms with Crippen molar-refractivity contribution in [1.82, 2.24) is 5.32 Å². The molecular weight excluding hydrogens is 286 g/mol. The summed E-state index contributed by atoms with van der Waals surface area (Å²) in [7, 11) is 1.61. The van der Waals surface area contributed by atoms with Gasteiger partial charge in [0.1, 0.15) is 6.61 Å². The molecule has 0 aliphatic heterocycles. The second kappa shape index (κ2) is 12.3. The molecule has 0 heterocycles. The fraction of sp³-hybridized carbons (Fsp3) is 0.917. The molecule has 0 radical (unpaired) electrons. The number of hydrogen-bond donors (Lipinski definition) is 1. The highest BCUT2D eigenvalue weighted by Gasteiger charge is 2.09. The molecule has 0 saturated carbocycles. The number of hydrogen-bond acceptors (Lipinski definition) is 3. The third-order valence-corrected chi connectivity index (χ3v) is 2.92. The van der Waals surface area contributed by atoms with Gasteiger partial charge in [-0.05, 0) is 18.8 Å². The van der Waals surface area contributed by atoms with Crippen molar-refractivity contribution in [3.05, 3.63) is 0 Å². The molecule has 4 nitrogen and oxygen atoms in total. The lowest BCUT2D eigenvalue weighted by Crippen LogP contribution is -2.32. The molecule has 0 aromatic carbocycles. The molecule has 5 heteroatoms. The van der Waals surface area contributed by atoms with Gasteiger partial charge in [-0.25, -0.2) is 0 Å². The minimum Gasteiger partial charge on any atom is -0.382 e. The smallest absolute Gasteiger partial charge is 0.246 e. The fourth-order valence-electron chi connectivity index (χ4n) is 1.53. The van der Waals surface area contributed by atoms with Gasteiger partial charge >= 0.3 is 0 Å². The van der Waals surface area contributed by atoms with Gasteiger partial charge in [-0.15, -0.1) is 0 Å². The average Bonchev–Trinajstić information content (AvgIpc) is 2.32. The molecule has 1 atom stereocenters. The Balaban J connectivity index is 3.57. The van der Waals surface area contributed by atoms with Gasteiger partial charge in [-0.2, -0.15) is 0 Å². The second-order valence-electron chi connectivity index (χ2n) is 3.98. The van der Waals surface area contributed by atoms with Gasteiger partial charge < -0.3 is 14.8 Å². The summed E-state index contributed by atoms with van der Waals surface area (Å²) in [5, 5.41) is 3.89. The topological polar surface area (TPSA) is 47.6 Å². The summed E-state index contributed by atoms with van der Waals surface area (Å²) in [6.45, 7) is 4.01. The number of rotatable bonds is 11. The average molecular weight is 310 g/mol. The molecule has 1 N–H and O–H groups in total. The van der Waals surface area contributed by atoms with Crippen LogP contribution in [-0.4, -0.2) is 44.7 Å². The van der Waals surface area contributed by atoms with E-state index >= 15 is 0 Å². The Morgan fingerprint density at radius 1 is 1.35 bits per heavy atom. The lowest BCUT2D eigenvalue weighted by atomic mass is 10.0. The first kappa shape index (κ1) is 16.9. The Morgan fingerprint density at radius 3 is 2.71 bits per heavy atom. The molecule has 1 unspecified atom stereocenters. The minimum absolute atomic E-state index is 0.0446. The largest absolute Gasteiger partial charge is 0.382 e. The zero-order valence-corrected chi connectivity index (χ0v) is 12.4. The van der Waals surface area contributed by atoms with E-state index in [1.165, 1.54) is 0 Å². The molecular formula is C12H24BrNO3. The number of methoxy groups -OCH3 is 1. The number of carbonyl (C=O) groups is 1. The maximum absolute atomic E-state index is 11.4. The standard InChI is InChI=1S/C12H24BrNO3/c1-3-4-11(5-6-13)9-14-12(15)10-17-8-7-16-2/h11H,3-10H2,1-2H3,(H,14,15). The number of ether oxygens (including phenoxy) is 2. The van der Waals surface area contributed by atoms with E-state index in [-0.39, 0.29) is 12.5 Å². The van der Waals surface area contributed by atoms with Gasteiger partial charge in [0.15, 0.2) is 0 Å². The van der Waals surface area contributed by atoms with Gasteiger partial charge in [-0.3, -0.25) is 4.79 Å². The Hall–Kier alpha value is -0.130. The first-order valence-electron chi connectivity index (χ1n) is 6.13. The van der Waals surface area contributed by atoms with Crippen molar-refractivity contribution in [1.29, 1.82) is 0 Å². The maximum Gasteiger partial charge on any atom is 0.246 e. The van der Waals surface area contributed by atoms with Crippen molar-refractivity contribution < 1.29 is 14.3 Å². The molecule has 1 amide bonds. The monoisotopic (exact) mass is 309 g/mol. The quantitative estimate of drug-likeness (QED) is 0.469. The molecule has 0 rings (SSSR count). The van der Waals surface area contributed by atoms with Gasteiger partial charge in [-0.1, -0.05) is 29.3 Å². The maximum atomic E-state index is 11.4. The molecule has 0 bridgehead atoms. The van der Waals surface area contributed by atoms with E-state index in [0.717, 1.165) is 31.1 Å². The molecule has 0 aliphatic rings. The van der Waals surface area contributed by atoms with Crippen molar-refractivity contribution in [2.45, 2.75) is 26.2 Å². The van der Waals surface area contributed by atoms with E-state index in [9.17, 15) is 4.79 Å². The van der Waals surface area contributed by atoms with Crippen LogP contribution in [0.2, 0.25) is 0 Å². The Bertz CT molecular complexity index is 185. The SMILES string of the molecule is CCCC(CCBr)CNC(=O)COCCOC. The summed E-state index contributed by atoms with van der Waals surface area (Å²) >= 11 is 3.43. The molecule has 102 valence electrons. The van der Waals surface area contributed by atoms with Gasteiger partial charge in [0.05, 0.1) is 13.2 Å². The number of amides is 1. The number of nitrogens with one attached hydrogen (secondary N) is 1. The van der Waals surface area contributed by atoms with E-state index < -0.39 is 0 Å². The molecule has 0 aromatic rings. The Kier molecular flexibility index (Phi) is 12.2. The van der Waals surface area contributed by atoms with Crippen LogP contribution < -0.4 is 5.32 Å². The van der Waals surface area contributed by atoms with Crippen LogP contribution in [0.25, 0.3) is 0 Å². The van der Waals surface area contributed by atoms with Crippen molar-refractivity contribution >= 4 is 21.8 Å². The predicted molar refractivity (Wildman–Crippen MR) is 72.5 cm³/mol. The third-order valence-electron chi connectivity index (χ3n) is 2.47. The first-order valence-corrected chi connectivity index (χ1v) is 7.26. The summed E-state index contributed by atoms with van der Waals surface area (Å²) < 4.78 is 9.97. The lowest BCUT2D eigenvalue weighted by Gasteiger charge is -2.15. The van der Waals surface area contributed by atoms with Crippen LogP contribution in [0.15, 0.2) is 0 Å². The number of carbonyl (C=O) groups excluding carboxylic acids is 1. The van der Waals surface area contributed by atoms with Crippen molar-refractivity contribution in [3.8, 4) is 0 Å². The number of alkyl halides is 1.